The number of nitrogens with one attached hydrogen (secondary N) is 2. The second-order valence-corrected chi connectivity index (χ2v) is 4.49. The standard InChI is InChI=1S/C13H20N2O2/c1-10-12(13(16)15-14-10)8-5-9-17-11-6-3-2-4-7-11/h2-4,6-7,10,12-16H,5,8-9H2,1H3. The average Bonchev–Trinajstić information content (AvgIpc) is 2.67. The summed E-state index contributed by atoms with van der Waals surface area (Å²) >= 11 is 0. The molecule has 0 aliphatic carbocycles. The Morgan fingerprint density at radius 3 is 2.65 bits per heavy atom. The summed E-state index contributed by atoms with van der Waals surface area (Å²) in [4.78, 5) is 0. The van der Waals surface area contributed by atoms with Gasteiger partial charge in [-0.2, -0.15) is 0 Å². The fourth-order valence-corrected chi connectivity index (χ4v) is 2.14. The zero-order valence-corrected chi connectivity index (χ0v) is 10.1. The van der Waals surface area contributed by atoms with E-state index >= 15 is 0 Å². The smallest absolute Gasteiger partial charge is 0.121 e. The van der Waals surface area contributed by atoms with Crippen molar-refractivity contribution < 1.29 is 9.84 Å². The van der Waals surface area contributed by atoms with Crippen molar-refractivity contribution in [2.75, 3.05) is 6.61 Å². The molecule has 2 rings (SSSR count). The first-order chi connectivity index (χ1) is 8.27. The molecule has 17 heavy (non-hydrogen) atoms. The van der Waals surface area contributed by atoms with Crippen LogP contribution >= 0.6 is 0 Å². The SMILES string of the molecule is CC1NNC(O)C1CCCOc1ccccc1. The van der Waals surface area contributed by atoms with Crippen LogP contribution in [0.5, 0.6) is 5.75 Å². The van der Waals surface area contributed by atoms with Crippen molar-refractivity contribution in [3.8, 4) is 5.75 Å². The Labute approximate surface area is 102 Å². The van der Waals surface area contributed by atoms with Gasteiger partial charge < -0.3 is 9.84 Å². The lowest BCUT2D eigenvalue weighted by Gasteiger charge is -2.16. The van der Waals surface area contributed by atoms with Crippen molar-refractivity contribution in [1.82, 2.24) is 10.9 Å². The van der Waals surface area contributed by atoms with Gasteiger partial charge in [0.15, 0.2) is 0 Å². The monoisotopic (exact) mass is 236 g/mol. The van der Waals surface area contributed by atoms with E-state index in [2.05, 4.69) is 17.8 Å². The Hall–Kier alpha value is -1.10. The molecular formula is C13H20N2O2. The number of ether oxygens (including phenoxy) is 1. The number of hydrazine groups is 1. The first kappa shape index (κ1) is 12.4. The molecule has 4 nitrogen and oxygen atoms in total. The summed E-state index contributed by atoms with van der Waals surface area (Å²) in [7, 11) is 0. The van der Waals surface area contributed by atoms with Gasteiger partial charge in [0, 0.05) is 12.0 Å². The third kappa shape index (κ3) is 3.43. The molecule has 0 saturated carbocycles. The highest BCUT2D eigenvalue weighted by atomic mass is 16.5. The molecule has 3 unspecified atom stereocenters. The second kappa shape index (κ2) is 6.00. The van der Waals surface area contributed by atoms with E-state index in [9.17, 15) is 5.11 Å². The van der Waals surface area contributed by atoms with Gasteiger partial charge in [-0.15, -0.1) is 0 Å². The van der Waals surface area contributed by atoms with Crippen molar-refractivity contribution in [1.29, 1.82) is 0 Å². The summed E-state index contributed by atoms with van der Waals surface area (Å²) in [5.74, 6) is 1.16. The van der Waals surface area contributed by atoms with Gasteiger partial charge in [-0.3, -0.25) is 5.43 Å². The largest absolute Gasteiger partial charge is 0.494 e. The van der Waals surface area contributed by atoms with E-state index in [4.69, 9.17) is 4.74 Å². The molecule has 1 fully saturated rings. The molecule has 3 N–H and O–H groups in total. The normalized spacial score (nSPS) is 28.2. The van der Waals surface area contributed by atoms with Crippen molar-refractivity contribution in [3.05, 3.63) is 30.3 Å². The fraction of sp³-hybridized carbons (Fsp3) is 0.538. The minimum absolute atomic E-state index is 0.259. The van der Waals surface area contributed by atoms with Gasteiger partial charge in [-0.25, -0.2) is 5.43 Å². The molecule has 0 bridgehead atoms. The molecule has 0 aromatic heterocycles. The predicted molar refractivity (Wildman–Crippen MR) is 66.4 cm³/mol. The Balaban J connectivity index is 1.66. The maximum Gasteiger partial charge on any atom is 0.121 e. The molecule has 94 valence electrons. The van der Waals surface area contributed by atoms with Crippen molar-refractivity contribution in [2.45, 2.75) is 32.0 Å². The van der Waals surface area contributed by atoms with Crippen LogP contribution in [0.2, 0.25) is 0 Å². The summed E-state index contributed by atoms with van der Waals surface area (Å²) < 4.78 is 5.61. The van der Waals surface area contributed by atoms with E-state index in [1.165, 1.54) is 0 Å². The number of rotatable bonds is 5. The number of aliphatic hydroxyl groups is 1. The van der Waals surface area contributed by atoms with E-state index in [0.29, 0.717) is 12.6 Å². The minimum atomic E-state index is -0.443. The summed E-state index contributed by atoms with van der Waals surface area (Å²) in [5, 5.41) is 9.66. The van der Waals surface area contributed by atoms with Gasteiger partial charge in [-0.05, 0) is 31.9 Å². The van der Waals surface area contributed by atoms with Crippen LogP contribution < -0.4 is 15.6 Å². The van der Waals surface area contributed by atoms with E-state index in [-0.39, 0.29) is 5.92 Å². The molecule has 3 atom stereocenters. The zero-order valence-electron chi connectivity index (χ0n) is 10.1. The predicted octanol–water partition coefficient (Wildman–Crippen LogP) is 1.28. The minimum Gasteiger partial charge on any atom is -0.494 e. The van der Waals surface area contributed by atoms with Crippen molar-refractivity contribution >= 4 is 0 Å². The van der Waals surface area contributed by atoms with Crippen LogP contribution in [0.25, 0.3) is 0 Å². The van der Waals surface area contributed by atoms with Crippen molar-refractivity contribution in [3.63, 3.8) is 0 Å². The summed E-state index contributed by atoms with van der Waals surface area (Å²) in [5.41, 5.74) is 5.88. The molecule has 1 aliphatic rings. The van der Waals surface area contributed by atoms with E-state index in [1.54, 1.807) is 0 Å². The molecule has 4 heteroatoms. The molecule has 1 heterocycles. The summed E-state index contributed by atoms with van der Waals surface area (Å²) in [6, 6.07) is 10.1. The van der Waals surface area contributed by atoms with Crippen LogP contribution in [0.15, 0.2) is 30.3 Å². The Morgan fingerprint density at radius 2 is 2.00 bits per heavy atom. The third-order valence-electron chi connectivity index (χ3n) is 3.20. The molecule has 0 radical (unpaired) electrons. The van der Waals surface area contributed by atoms with Gasteiger partial charge in [-0.1, -0.05) is 18.2 Å². The molecular weight excluding hydrogens is 216 g/mol. The maximum atomic E-state index is 9.66. The molecule has 1 saturated heterocycles. The van der Waals surface area contributed by atoms with Gasteiger partial charge in [0.05, 0.1) is 6.61 Å². The van der Waals surface area contributed by atoms with E-state index in [1.807, 2.05) is 30.3 Å². The van der Waals surface area contributed by atoms with Crippen LogP contribution in [0.1, 0.15) is 19.8 Å². The molecule has 1 aliphatic heterocycles. The van der Waals surface area contributed by atoms with Gasteiger partial charge in [0.25, 0.3) is 0 Å². The number of benzene rings is 1. The summed E-state index contributed by atoms with van der Waals surface area (Å²) in [6.45, 7) is 2.77. The molecule has 0 amide bonds. The number of hydrogen-bond acceptors (Lipinski definition) is 4. The van der Waals surface area contributed by atoms with Crippen LogP contribution in [-0.4, -0.2) is 24.0 Å². The maximum absolute atomic E-state index is 9.66. The van der Waals surface area contributed by atoms with Crippen LogP contribution in [0.3, 0.4) is 0 Å². The van der Waals surface area contributed by atoms with Gasteiger partial charge in [0.2, 0.25) is 0 Å². The Bertz CT molecular complexity index is 321. The Kier molecular flexibility index (Phi) is 4.36. The second-order valence-electron chi connectivity index (χ2n) is 4.49. The van der Waals surface area contributed by atoms with Crippen molar-refractivity contribution in [2.24, 2.45) is 5.92 Å². The summed E-state index contributed by atoms with van der Waals surface area (Å²) in [6.07, 6.45) is 1.46. The number of aliphatic hydroxyl groups excluding tert-OH is 1. The molecule has 1 aromatic rings. The quantitative estimate of drug-likeness (QED) is 0.674. The van der Waals surface area contributed by atoms with Crippen LogP contribution in [0.4, 0.5) is 0 Å². The zero-order chi connectivity index (χ0) is 12.1. The van der Waals surface area contributed by atoms with Crippen LogP contribution in [0, 0.1) is 5.92 Å². The van der Waals surface area contributed by atoms with Gasteiger partial charge in [0.1, 0.15) is 12.0 Å². The lowest BCUT2D eigenvalue weighted by molar-refractivity contribution is 0.0993. The fourth-order valence-electron chi connectivity index (χ4n) is 2.14. The third-order valence-corrected chi connectivity index (χ3v) is 3.20. The van der Waals surface area contributed by atoms with E-state index in [0.717, 1.165) is 18.6 Å². The Morgan fingerprint density at radius 1 is 1.24 bits per heavy atom. The lowest BCUT2D eigenvalue weighted by Crippen LogP contribution is -2.32. The van der Waals surface area contributed by atoms with Crippen LogP contribution in [-0.2, 0) is 0 Å². The highest BCUT2D eigenvalue weighted by molar-refractivity contribution is 5.20. The molecule has 1 aromatic carbocycles. The van der Waals surface area contributed by atoms with Gasteiger partial charge >= 0.3 is 0 Å². The van der Waals surface area contributed by atoms with E-state index < -0.39 is 6.23 Å². The first-order valence-electron chi connectivity index (χ1n) is 6.14. The average molecular weight is 236 g/mol. The number of para-hydroxylation sites is 1. The highest BCUT2D eigenvalue weighted by Crippen LogP contribution is 2.19. The lowest BCUT2D eigenvalue weighted by atomic mass is 9.96. The molecule has 0 spiro atoms. The highest BCUT2D eigenvalue weighted by Gasteiger charge is 2.30. The first-order valence-corrected chi connectivity index (χ1v) is 6.14. The topological polar surface area (TPSA) is 53.5 Å². The number of hydrogen-bond donors (Lipinski definition) is 3.